The number of hydrogen-bond donors (Lipinski definition) is 0. The Kier molecular flexibility index (Phi) is 27.6. The van der Waals surface area contributed by atoms with E-state index in [1.165, 1.54) is 34.0 Å². The van der Waals surface area contributed by atoms with Crippen LogP contribution in [0, 0.1) is 0 Å². The van der Waals surface area contributed by atoms with Crippen LogP contribution in [0.2, 0.25) is 0 Å². The molecule has 0 amide bonds. The largest absolute Gasteiger partial charge is 1.00 e. The maximum atomic E-state index is 10.7. The summed E-state index contributed by atoms with van der Waals surface area (Å²) in [6.07, 6.45) is 47.6. The molecule has 0 saturated heterocycles. The van der Waals surface area contributed by atoms with E-state index in [1.807, 2.05) is 0 Å². The molecule has 6 saturated carbocycles. The summed E-state index contributed by atoms with van der Waals surface area (Å²) in [4.78, 5) is 0. The second-order valence-electron chi connectivity index (χ2n) is 16.8. The van der Waals surface area contributed by atoms with Crippen molar-refractivity contribution in [3.8, 4) is 0 Å². The average molecular weight is 1080 g/mol. The van der Waals surface area contributed by atoms with E-state index in [4.69, 9.17) is 25.9 Å². The molecule has 0 bridgehead atoms. The van der Waals surface area contributed by atoms with Gasteiger partial charge in [0.15, 0.2) is 20.2 Å². The molecule has 0 aliphatic heterocycles. The minimum Gasteiger partial charge on any atom is -0.741 e. The smallest absolute Gasteiger partial charge is 0.741 e. The van der Waals surface area contributed by atoms with Crippen LogP contribution >= 0.6 is 15.8 Å². The SMILES string of the molecule is C1CCC([PH+](C2CCCCC2)C2CCCCC2)CC1.C1CCC([PH+](C2CCCCC2)C2CCCCC2)CC1.O=S(=O)([O-])C(F)(F)F.O=S(=O)([O-])C(F)(F)F.[Ag+].[Ag+]. The van der Waals surface area contributed by atoms with Gasteiger partial charge in [0.2, 0.25) is 0 Å². The second kappa shape index (κ2) is 27.7. The van der Waals surface area contributed by atoms with Gasteiger partial charge < -0.3 is 9.11 Å². The van der Waals surface area contributed by atoms with Gasteiger partial charge in [0, 0.05) is 15.8 Å². The summed E-state index contributed by atoms with van der Waals surface area (Å²) in [7, 11) is -12.3. The standard InChI is InChI=1S/2C18H33P.2CHF3O3S.2Ag/c2*1-4-10-16(11-5-1)19(17-12-6-2-7-13-17)18-14-8-3-9-15-18;2*2-1(3,4)8(5,6)7;;/h2*16-18H,1-15H2;2*(H,5,6,7);;/q;;;;2*+1. The molecule has 6 rings (SSSR count). The molecule has 0 N–H and O–H groups in total. The average Bonchev–Trinajstić information content (AvgIpc) is 3.14. The van der Waals surface area contributed by atoms with Crippen molar-refractivity contribution in [1.82, 2.24) is 0 Å². The molecule has 0 spiro atoms. The molecular formula is C38H68Ag2F6O6P2S2+2. The molecule has 6 fully saturated rings. The molecule has 6 aliphatic carbocycles. The van der Waals surface area contributed by atoms with Crippen molar-refractivity contribution in [3.63, 3.8) is 0 Å². The van der Waals surface area contributed by atoms with Crippen LogP contribution < -0.4 is 0 Å². The summed E-state index contributed by atoms with van der Waals surface area (Å²) in [6, 6.07) is 0. The van der Waals surface area contributed by atoms with Crippen molar-refractivity contribution in [2.24, 2.45) is 0 Å². The van der Waals surface area contributed by atoms with E-state index in [9.17, 15) is 26.3 Å². The molecule has 56 heavy (non-hydrogen) atoms. The molecule has 0 radical (unpaired) electrons. The van der Waals surface area contributed by atoms with E-state index in [2.05, 4.69) is 0 Å². The molecular weight excluding hydrogens is 1010 g/mol. The van der Waals surface area contributed by atoms with Crippen LogP contribution in [-0.4, -0.2) is 70.9 Å². The van der Waals surface area contributed by atoms with Crippen LogP contribution in [0.5, 0.6) is 0 Å². The fourth-order valence-electron chi connectivity index (χ4n) is 10.6. The summed E-state index contributed by atoms with van der Waals surface area (Å²) in [5.74, 6) is 0. The van der Waals surface area contributed by atoms with Crippen molar-refractivity contribution >= 4 is 36.1 Å². The maximum absolute atomic E-state index is 10.7. The van der Waals surface area contributed by atoms with Crippen LogP contribution in [0.4, 0.5) is 26.3 Å². The van der Waals surface area contributed by atoms with Gasteiger partial charge in [0.25, 0.3) is 0 Å². The van der Waals surface area contributed by atoms with Crippen molar-refractivity contribution in [2.45, 2.75) is 238 Å². The molecule has 0 aromatic rings. The first-order chi connectivity index (χ1) is 25.4. The molecule has 0 heterocycles. The van der Waals surface area contributed by atoms with Crippen LogP contribution in [0.15, 0.2) is 0 Å². The molecule has 18 heteroatoms. The van der Waals surface area contributed by atoms with E-state index in [-0.39, 0.29) is 60.6 Å². The van der Waals surface area contributed by atoms with Crippen LogP contribution in [-0.2, 0) is 65.0 Å². The zero-order chi connectivity index (χ0) is 39.8. The van der Waals surface area contributed by atoms with Gasteiger partial charge >= 0.3 is 55.8 Å². The van der Waals surface area contributed by atoms with Crippen molar-refractivity contribution in [1.29, 1.82) is 0 Å². The number of halogens is 6. The Balaban J connectivity index is 0.000000400. The van der Waals surface area contributed by atoms with Crippen molar-refractivity contribution in [2.75, 3.05) is 0 Å². The Morgan fingerprint density at radius 3 is 0.518 bits per heavy atom. The zero-order valence-electron chi connectivity index (χ0n) is 32.8. The van der Waals surface area contributed by atoms with Gasteiger partial charge in [-0.3, -0.25) is 0 Å². The quantitative estimate of drug-likeness (QED) is 0.0860. The summed E-state index contributed by atoms with van der Waals surface area (Å²) < 4.78 is 118. The van der Waals surface area contributed by atoms with E-state index >= 15 is 0 Å². The molecule has 340 valence electrons. The minimum absolute atomic E-state index is 0. The predicted octanol–water partition coefficient (Wildman–Crippen LogP) is 12.5. The maximum Gasteiger partial charge on any atom is 1.00 e. The first kappa shape index (κ1) is 55.8. The molecule has 0 aromatic carbocycles. The van der Waals surface area contributed by atoms with Crippen LogP contribution in [0.1, 0.15) is 193 Å². The molecule has 0 unspecified atom stereocenters. The molecule has 6 nitrogen and oxygen atoms in total. The Morgan fingerprint density at radius 2 is 0.429 bits per heavy atom. The molecule has 6 aliphatic rings. The van der Waals surface area contributed by atoms with Crippen LogP contribution in [0.25, 0.3) is 0 Å². The first-order valence-corrected chi connectivity index (χ1v) is 27.5. The fourth-order valence-corrected chi connectivity index (χ4v) is 21.1. The summed E-state index contributed by atoms with van der Waals surface area (Å²) in [5, 5.41) is 0. The number of hydrogen-bond acceptors (Lipinski definition) is 6. The zero-order valence-corrected chi connectivity index (χ0v) is 39.4. The van der Waals surface area contributed by atoms with Gasteiger partial charge in [-0.25, -0.2) is 16.8 Å². The Bertz CT molecular complexity index is 1060. The Labute approximate surface area is 368 Å². The first-order valence-electron chi connectivity index (χ1n) is 21.2. The number of alkyl halides is 6. The Morgan fingerprint density at radius 1 is 0.321 bits per heavy atom. The third-order valence-electron chi connectivity index (χ3n) is 13.0. The summed E-state index contributed by atoms with van der Waals surface area (Å²) in [6.45, 7) is 0. The fraction of sp³-hybridized carbons (Fsp3) is 1.00. The van der Waals surface area contributed by atoms with E-state index in [0.29, 0.717) is 0 Å². The van der Waals surface area contributed by atoms with Gasteiger partial charge in [-0.2, -0.15) is 26.3 Å². The van der Waals surface area contributed by atoms with Gasteiger partial charge in [0.05, 0.1) is 34.0 Å². The van der Waals surface area contributed by atoms with E-state index in [0.717, 1.165) is 0 Å². The third kappa shape index (κ3) is 19.8. The predicted molar refractivity (Wildman–Crippen MR) is 209 cm³/mol. The minimum atomic E-state index is -6.09. The Hall–Kier alpha value is 1.74. The molecule has 0 atom stereocenters. The topological polar surface area (TPSA) is 114 Å². The summed E-state index contributed by atoms with van der Waals surface area (Å²) in [5.41, 5.74) is -3.93. The van der Waals surface area contributed by atoms with Crippen molar-refractivity contribution in [3.05, 3.63) is 0 Å². The van der Waals surface area contributed by atoms with Gasteiger partial charge in [0.1, 0.15) is 0 Å². The van der Waals surface area contributed by atoms with Crippen molar-refractivity contribution < 1.29 is 97.0 Å². The van der Waals surface area contributed by atoms with Gasteiger partial charge in [-0.15, -0.1) is 0 Å². The third-order valence-corrected chi connectivity index (χ3v) is 23.3. The monoisotopic (exact) mass is 1070 g/mol. The van der Waals surface area contributed by atoms with E-state index < -0.39 is 31.3 Å². The number of rotatable bonds is 6. The van der Waals surface area contributed by atoms with Gasteiger partial charge in [-0.05, 0) is 154 Å². The summed E-state index contributed by atoms with van der Waals surface area (Å²) >= 11 is 0. The normalized spacial score (nSPS) is 23.6. The van der Waals surface area contributed by atoms with E-state index in [1.54, 1.807) is 193 Å². The van der Waals surface area contributed by atoms with Gasteiger partial charge in [-0.1, -0.05) is 38.5 Å². The second-order valence-corrected chi connectivity index (χ2v) is 26.5. The van der Waals surface area contributed by atoms with Crippen LogP contribution in [0.3, 0.4) is 0 Å². The molecule has 0 aromatic heterocycles.